The second kappa shape index (κ2) is 10.7. The van der Waals surface area contributed by atoms with E-state index >= 15 is 0 Å². The number of piperidine rings is 1. The van der Waals surface area contributed by atoms with Crippen molar-refractivity contribution in [1.82, 2.24) is 9.47 Å². The molecule has 1 unspecified atom stereocenters. The molecule has 0 spiro atoms. The summed E-state index contributed by atoms with van der Waals surface area (Å²) in [6.45, 7) is 3.10. The molecule has 0 bridgehead atoms. The third-order valence-electron chi connectivity index (χ3n) is 7.21. The van der Waals surface area contributed by atoms with Crippen LogP contribution in [0, 0.1) is 12.8 Å². The average Bonchev–Trinajstić information content (AvgIpc) is 3.16. The van der Waals surface area contributed by atoms with E-state index in [1.807, 2.05) is 6.07 Å². The van der Waals surface area contributed by atoms with Crippen LogP contribution < -0.4 is 0 Å². The number of alkyl halides is 4. The normalized spacial score (nSPS) is 17.5. The summed E-state index contributed by atoms with van der Waals surface area (Å²) in [4.78, 5) is 26.2. The summed E-state index contributed by atoms with van der Waals surface area (Å²) in [6, 6.07) is 7.60. The first-order valence-electron chi connectivity index (χ1n) is 12.4. The molecule has 1 atom stereocenters. The molecule has 2 heterocycles. The van der Waals surface area contributed by atoms with E-state index in [0.29, 0.717) is 22.3 Å². The Bertz CT molecular complexity index is 1450. The highest BCUT2D eigenvalue weighted by atomic mass is 35.5. The molecule has 1 saturated heterocycles. The Morgan fingerprint density at radius 2 is 1.87 bits per heavy atom. The second-order valence-corrected chi connectivity index (χ2v) is 10.7. The Kier molecular flexibility index (Phi) is 7.98. The Labute approximate surface area is 233 Å². The predicted molar refractivity (Wildman–Crippen MR) is 142 cm³/mol. The first-order valence-corrected chi connectivity index (χ1v) is 13.2. The second-order valence-electron chi connectivity index (χ2n) is 9.95. The lowest BCUT2D eigenvalue weighted by atomic mass is 9.92. The molecule has 1 fully saturated rings. The van der Waals surface area contributed by atoms with Crippen molar-refractivity contribution < 1.29 is 31.9 Å². The summed E-state index contributed by atoms with van der Waals surface area (Å²) in [5.74, 6) is -9.78. The summed E-state index contributed by atoms with van der Waals surface area (Å²) in [5.41, 5.74) is 2.30. The minimum Gasteiger partial charge on any atom is -0.466 e. The zero-order chi connectivity index (χ0) is 28.9. The van der Waals surface area contributed by atoms with E-state index in [2.05, 4.69) is 0 Å². The molecule has 1 aromatic heterocycles. The summed E-state index contributed by atoms with van der Waals surface area (Å²) in [7, 11) is 1.74. The van der Waals surface area contributed by atoms with Gasteiger partial charge in [-0.3, -0.25) is 9.59 Å². The van der Waals surface area contributed by atoms with Crippen molar-refractivity contribution in [1.29, 1.82) is 0 Å². The van der Waals surface area contributed by atoms with Gasteiger partial charge in [-0.1, -0.05) is 23.2 Å². The van der Waals surface area contributed by atoms with Gasteiger partial charge in [-0.15, -0.1) is 0 Å². The lowest BCUT2D eigenvalue weighted by Gasteiger charge is -2.37. The average molecular weight is 587 g/mol. The van der Waals surface area contributed by atoms with Gasteiger partial charge in [0.1, 0.15) is 5.92 Å². The topological polar surface area (TPSA) is 51.5 Å². The number of ether oxygens (including phenoxy) is 1. The molecule has 1 aliphatic rings. The van der Waals surface area contributed by atoms with Gasteiger partial charge in [0.25, 0.3) is 17.8 Å². The van der Waals surface area contributed by atoms with Gasteiger partial charge in [0.2, 0.25) is 0 Å². The van der Waals surface area contributed by atoms with Crippen LogP contribution in [0.5, 0.6) is 0 Å². The van der Waals surface area contributed by atoms with Crippen LogP contribution in [0.3, 0.4) is 0 Å². The van der Waals surface area contributed by atoms with Crippen molar-refractivity contribution in [2.45, 2.75) is 45.5 Å². The number of aryl methyl sites for hydroxylation is 2. The number of carbonyl (C=O) groups is 2. The van der Waals surface area contributed by atoms with Crippen LogP contribution in [0.15, 0.2) is 30.3 Å². The third kappa shape index (κ3) is 5.61. The number of aromatic nitrogens is 1. The number of esters is 1. The van der Waals surface area contributed by atoms with E-state index < -0.39 is 36.2 Å². The smallest absolute Gasteiger partial charge is 0.315 e. The van der Waals surface area contributed by atoms with E-state index in [1.54, 1.807) is 18.5 Å². The summed E-state index contributed by atoms with van der Waals surface area (Å²) >= 11 is 13.1. The third-order valence-corrected chi connectivity index (χ3v) is 7.99. The number of fused-ring (bicyclic) bond motifs is 1. The van der Waals surface area contributed by atoms with Gasteiger partial charge in [-0.05, 0) is 61.7 Å². The fourth-order valence-electron chi connectivity index (χ4n) is 5.01. The lowest BCUT2D eigenvalue weighted by molar-refractivity contribution is -0.170. The number of halogens is 6. The van der Waals surface area contributed by atoms with Crippen LogP contribution >= 0.6 is 23.2 Å². The van der Waals surface area contributed by atoms with Gasteiger partial charge in [0.15, 0.2) is 0 Å². The Morgan fingerprint density at radius 3 is 2.49 bits per heavy atom. The fourth-order valence-corrected chi connectivity index (χ4v) is 5.59. The van der Waals surface area contributed by atoms with Crippen LogP contribution in [-0.4, -0.2) is 47.0 Å². The molecule has 0 aliphatic carbocycles. The molecule has 11 heteroatoms. The lowest BCUT2D eigenvalue weighted by Crippen LogP contribution is -2.53. The molecule has 39 heavy (non-hydrogen) atoms. The standard InChI is InChI=1S/C28H28Cl2F4N2O3/c1-5-39-26(38)21-8-9-36(14-28(21,33)34)25(37)18-6-7-22(29)20(24(18)30)13-17-12-19-15(2)10-16(27(3,31)32)11-23(19)35(17)4/h6-7,10-12,21H,5,8-9,13-14H2,1-4H3. The van der Waals surface area contributed by atoms with Crippen LogP contribution in [0.1, 0.15) is 53.0 Å². The Balaban J connectivity index is 1.64. The number of likely N-dealkylation sites (tertiary alicyclic amines) is 1. The minimum atomic E-state index is -3.46. The zero-order valence-electron chi connectivity index (χ0n) is 21.9. The van der Waals surface area contributed by atoms with Crippen LogP contribution in [-0.2, 0) is 28.9 Å². The van der Waals surface area contributed by atoms with E-state index in [4.69, 9.17) is 27.9 Å². The summed E-state index contributed by atoms with van der Waals surface area (Å²) in [6.07, 6.45) is -0.0773. The minimum absolute atomic E-state index is 0.00399. The number of benzene rings is 2. The molecule has 2 aromatic carbocycles. The highest BCUT2D eigenvalue weighted by Gasteiger charge is 2.50. The monoisotopic (exact) mass is 586 g/mol. The number of hydrogen-bond acceptors (Lipinski definition) is 3. The summed E-state index contributed by atoms with van der Waals surface area (Å²) in [5, 5.41) is 1.07. The summed E-state index contributed by atoms with van der Waals surface area (Å²) < 4.78 is 64.1. The van der Waals surface area contributed by atoms with E-state index in [-0.39, 0.29) is 47.2 Å². The van der Waals surface area contributed by atoms with Crippen LogP contribution in [0.25, 0.3) is 10.9 Å². The Morgan fingerprint density at radius 1 is 1.18 bits per heavy atom. The molecular weight excluding hydrogens is 559 g/mol. The van der Waals surface area contributed by atoms with Crippen molar-refractivity contribution >= 4 is 46.0 Å². The van der Waals surface area contributed by atoms with E-state index in [1.165, 1.54) is 31.2 Å². The van der Waals surface area contributed by atoms with Crippen LogP contribution in [0.2, 0.25) is 10.0 Å². The largest absolute Gasteiger partial charge is 0.466 e. The quantitative estimate of drug-likeness (QED) is 0.227. The van der Waals surface area contributed by atoms with Crippen molar-refractivity contribution in [3.05, 3.63) is 68.3 Å². The molecule has 0 radical (unpaired) electrons. The van der Waals surface area contributed by atoms with Crippen molar-refractivity contribution in [3.63, 3.8) is 0 Å². The van der Waals surface area contributed by atoms with Crippen molar-refractivity contribution in [2.24, 2.45) is 13.0 Å². The van der Waals surface area contributed by atoms with Gasteiger partial charge >= 0.3 is 5.97 Å². The predicted octanol–water partition coefficient (Wildman–Crippen LogP) is 7.16. The number of rotatable bonds is 6. The molecule has 3 aromatic rings. The number of nitrogens with zero attached hydrogens (tertiary/aromatic N) is 2. The highest BCUT2D eigenvalue weighted by Crippen LogP contribution is 2.38. The molecule has 1 amide bonds. The maximum absolute atomic E-state index is 14.8. The number of hydrogen-bond donors (Lipinski definition) is 0. The molecule has 4 rings (SSSR count). The SMILES string of the molecule is CCOC(=O)C1CCN(C(=O)c2ccc(Cl)c(Cc3cc4c(C)cc(C(C)(F)F)cc4n3C)c2Cl)CC1(F)F. The number of amides is 1. The maximum atomic E-state index is 14.8. The molecule has 0 saturated carbocycles. The van der Waals surface area contributed by atoms with Crippen LogP contribution in [0.4, 0.5) is 17.6 Å². The molecule has 1 aliphatic heterocycles. The Hall–Kier alpha value is -2.78. The van der Waals surface area contributed by atoms with E-state index in [9.17, 15) is 27.2 Å². The number of carbonyl (C=O) groups excluding carboxylic acids is 2. The van der Waals surface area contributed by atoms with Gasteiger partial charge < -0.3 is 14.2 Å². The first kappa shape index (κ1) is 29.2. The highest BCUT2D eigenvalue weighted by molar-refractivity contribution is 6.38. The zero-order valence-corrected chi connectivity index (χ0v) is 23.4. The first-order chi connectivity index (χ1) is 18.2. The van der Waals surface area contributed by atoms with Gasteiger partial charge in [0.05, 0.1) is 23.7 Å². The van der Waals surface area contributed by atoms with Gasteiger partial charge in [0, 0.05) is 54.1 Å². The van der Waals surface area contributed by atoms with Gasteiger partial charge in [-0.25, -0.2) is 17.6 Å². The van der Waals surface area contributed by atoms with Gasteiger partial charge in [-0.2, -0.15) is 0 Å². The molecular formula is C28H28Cl2F4N2O3. The molecule has 210 valence electrons. The van der Waals surface area contributed by atoms with Crippen molar-refractivity contribution in [3.8, 4) is 0 Å². The fraction of sp³-hybridized carbons (Fsp3) is 0.429. The maximum Gasteiger partial charge on any atom is 0.315 e. The van der Waals surface area contributed by atoms with Crippen molar-refractivity contribution in [2.75, 3.05) is 19.7 Å². The van der Waals surface area contributed by atoms with E-state index in [0.717, 1.165) is 17.2 Å². The molecule has 5 nitrogen and oxygen atoms in total. The molecule has 0 N–H and O–H groups in total.